The Morgan fingerprint density at radius 3 is 1.40 bits per heavy atom. The molecule has 0 saturated carbocycles. The summed E-state index contributed by atoms with van der Waals surface area (Å²) in [4.78, 5) is 84.8. The lowest BCUT2D eigenvalue weighted by atomic mass is 10.0. The number of aromatic nitrogens is 8. The van der Waals surface area contributed by atoms with Crippen molar-refractivity contribution < 1.29 is 37.4 Å². The zero-order valence-electron chi connectivity index (χ0n) is 70.7. The molecular weight excluding hydrogens is 2130 g/mol. The highest BCUT2D eigenvalue weighted by Crippen LogP contribution is 2.38. The van der Waals surface area contributed by atoms with Crippen LogP contribution in [-0.4, -0.2) is 77.7 Å². The highest BCUT2D eigenvalue weighted by molar-refractivity contribution is 14.1. The van der Waals surface area contributed by atoms with Crippen LogP contribution < -0.4 is 42.2 Å². The van der Waals surface area contributed by atoms with Gasteiger partial charge in [0.2, 0.25) is 0 Å². The van der Waals surface area contributed by atoms with Crippen LogP contribution in [0.5, 0.6) is 11.5 Å². The number of pyridine rings is 6. The van der Waals surface area contributed by atoms with Crippen molar-refractivity contribution in [1.29, 1.82) is 0 Å². The zero-order chi connectivity index (χ0) is 92.6. The Morgan fingerprint density at radius 2 is 0.866 bits per heavy atom. The van der Waals surface area contributed by atoms with Crippen LogP contribution in [0.1, 0.15) is 89.9 Å². The molecule has 20 aromatic rings. The Balaban J connectivity index is 0.000000141. The molecule has 10 aromatic heterocycles. The Morgan fingerprint density at radius 1 is 0.425 bits per heavy atom. The van der Waals surface area contributed by atoms with Gasteiger partial charge in [-0.15, -0.1) is 22.7 Å². The van der Waals surface area contributed by atoms with E-state index in [1.54, 1.807) is 160 Å². The molecule has 0 fully saturated rings. The molecule has 0 atom stereocenters. The summed E-state index contributed by atoms with van der Waals surface area (Å²) < 4.78 is 43.5. The van der Waals surface area contributed by atoms with Gasteiger partial charge in [-0.3, -0.25) is 39.1 Å². The second-order valence-corrected chi connectivity index (χ2v) is 36.7. The summed E-state index contributed by atoms with van der Waals surface area (Å²) in [5.74, 6) is 0.178. The van der Waals surface area contributed by atoms with Gasteiger partial charge in [-0.05, 0) is 275 Å². The van der Waals surface area contributed by atoms with Crippen LogP contribution in [0, 0.1) is 32.6 Å². The lowest BCUT2D eigenvalue weighted by Crippen LogP contribution is -2.23. The van der Waals surface area contributed by atoms with Gasteiger partial charge in [-0.25, -0.2) is 18.7 Å². The highest BCUT2D eigenvalue weighted by atomic mass is 127. The summed E-state index contributed by atoms with van der Waals surface area (Å²) in [6.07, 6.45) is 10.6. The van der Waals surface area contributed by atoms with Crippen LogP contribution in [0.2, 0.25) is 10.0 Å². The maximum absolute atomic E-state index is 13.9. The van der Waals surface area contributed by atoms with Gasteiger partial charge in [-0.2, -0.15) is 0 Å². The number of carbonyl (C=O) groups excluding carboxylic acids is 4. The van der Waals surface area contributed by atoms with Crippen molar-refractivity contribution in [2.24, 2.45) is 11.5 Å². The predicted molar refractivity (Wildman–Crippen MR) is 567 cm³/mol. The lowest BCUT2D eigenvalue weighted by Gasteiger charge is -2.11. The van der Waals surface area contributed by atoms with Gasteiger partial charge in [0.15, 0.2) is 0 Å². The standard InChI is InChI=1S/C25H20BrN5O.C25H16ClFN2O2S.C18H15ClN2O2.C18H18N4O.C8H5BrIN.C8H4FIS.2CH4/c26-17-4-5-22-19(9-17)21(13-29-22)23-10-20(18-6-7-28-14-24(18)31-23)25(32)30-12-16-3-1-2-15(8-16)11-27;1-31-17-6-4-16(5-7-17)28-25(30)20-12-23(29-22-8-2-14(26)10-18(20)22)21-13-32-24-9-3-15(27)11-19(21)24;1-11-9-16(15-10-12(19)3-8-17(15)20-11)18(22)21-13-4-6-14(23-2)7-5-13;1-12-7-16(15-5-6-20-11-17(15)22-12)18(23)21-10-14-4-2-3-13(8-14)9-19;2*9-5-1-2-8-6(3-5)7(10)4-11-8;;/h1-10,13-14,29H,11-12,27H2,(H,30,32);2-13H,1H3,(H,28,30);3-10H,1-2H3,(H,21,22);2-8,11H,9-10,19H2,1H3,(H,21,23);1-4,11H;1-4H;2*1H4. The first-order chi connectivity index (χ1) is 63.9. The second-order valence-electron chi connectivity index (χ2n) is 29.9. The minimum atomic E-state index is -0.317. The van der Waals surface area contributed by atoms with E-state index >= 15 is 0 Å². The fraction of sp³-hybridized carbons (Fsp3) is 0.0962. The largest absolute Gasteiger partial charge is 0.497 e. The van der Waals surface area contributed by atoms with E-state index in [1.807, 2.05) is 140 Å². The first-order valence-corrected chi connectivity index (χ1v) is 47.0. The van der Waals surface area contributed by atoms with Gasteiger partial charge >= 0.3 is 0 Å². The van der Waals surface area contributed by atoms with E-state index in [1.165, 1.54) is 44.0 Å². The molecule has 10 heterocycles. The predicted octanol–water partition coefficient (Wildman–Crippen LogP) is 27.3. The number of H-pyrrole nitrogens is 2. The number of nitrogens with one attached hydrogen (secondary N) is 6. The van der Waals surface area contributed by atoms with Crippen molar-refractivity contribution in [2.75, 3.05) is 24.9 Å². The van der Waals surface area contributed by atoms with Crippen LogP contribution >= 0.6 is 123 Å². The third-order valence-corrected chi connectivity index (χ3v) is 26.5. The maximum Gasteiger partial charge on any atom is 0.256 e. The number of nitrogens with zero attached hydrogens (tertiary/aromatic N) is 6. The molecule has 10 aromatic carbocycles. The van der Waals surface area contributed by atoms with Gasteiger partial charge < -0.3 is 52.2 Å². The first kappa shape index (κ1) is 98.9. The van der Waals surface area contributed by atoms with Gasteiger partial charge in [0.05, 0.1) is 82.3 Å². The summed E-state index contributed by atoms with van der Waals surface area (Å²) in [6, 6.07) is 73.2. The van der Waals surface area contributed by atoms with Crippen molar-refractivity contribution in [1.82, 2.24) is 50.5 Å². The number of thiophene rings is 2. The number of halogens is 8. The molecule has 20 rings (SSSR count). The fourth-order valence-corrected chi connectivity index (χ4v) is 18.8. The molecule has 20 nitrogen and oxygen atoms in total. The SMILES string of the molecule is Brc1ccc2[nH]cc(I)c2c1.C.C.COc1ccc(NC(=O)c2cc(-c3csc4ccc(F)cc34)nc3ccc(Cl)cc23)cc1.COc1ccc(NC(=O)c2cc(C)nc3ccc(Cl)cc23)cc1.Cc1cc(C(=O)NCc2cccc(CN)c2)c2ccncc2n1.Fc1ccc2scc(I)c2c1.NCc1cccc(CNC(=O)c2cc(-c3c[nH]c4ccc(Br)cc34)nc3cnccc23)c1. The lowest BCUT2D eigenvalue weighted by molar-refractivity contribution is 0.0944. The van der Waals surface area contributed by atoms with Crippen molar-refractivity contribution in [2.45, 2.75) is 54.9 Å². The zero-order valence-corrected chi connectivity index (χ0v) is 81.3. The molecule has 0 saturated heterocycles. The van der Waals surface area contributed by atoms with E-state index in [-0.39, 0.29) is 50.1 Å². The third-order valence-electron chi connectivity index (χ3n) is 20.9. The highest BCUT2D eigenvalue weighted by Gasteiger charge is 2.22. The summed E-state index contributed by atoms with van der Waals surface area (Å²) in [6.45, 7) is 5.56. The average molecular weight is 2210 g/mol. The van der Waals surface area contributed by atoms with Gasteiger partial charge in [-0.1, -0.05) is 118 Å². The second kappa shape index (κ2) is 45.9. The Kier molecular flexibility index (Phi) is 33.9. The molecule has 0 bridgehead atoms. The van der Waals surface area contributed by atoms with E-state index in [4.69, 9.17) is 54.1 Å². The van der Waals surface area contributed by atoms with E-state index < -0.39 is 0 Å². The van der Waals surface area contributed by atoms with Gasteiger partial charge in [0.1, 0.15) is 23.1 Å². The number of aromatic amines is 2. The maximum atomic E-state index is 13.9. The van der Waals surface area contributed by atoms with Crippen LogP contribution in [-0.2, 0) is 26.2 Å². The van der Waals surface area contributed by atoms with Crippen molar-refractivity contribution in [3.05, 3.63) is 384 Å². The third kappa shape index (κ3) is 24.5. The molecular formula is C104H86Br2Cl2F2I2N14O6S2. The van der Waals surface area contributed by atoms with Crippen LogP contribution in [0.3, 0.4) is 0 Å². The summed E-state index contributed by atoms with van der Waals surface area (Å²) in [7, 11) is 3.19. The number of aryl methyl sites for hydroxylation is 2. The summed E-state index contributed by atoms with van der Waals surface area (Å²) in [5.41, 5.74) is 28.5. The smallest absolute Gasteiger partial charge is 0.256 e. The van der Waals surface area contributed by atoms with Crippen molar-refractivity contribution >= 4 is 244 Å². The molecule has 10 N–H and O–H groups in total. The number of amides is 4. The number of methoxy groups -OCH3 is 2. The van der Waals surface area contributed by atoms with E-state index in [9.17, 15) is 28.0 Å². The number of hydrogen-bond donors (Lipinski definition) is 8. The molecule has 0 aliphatic heterocycles. The monoisotopic (exact) mass is 2210 g/mol. The van der Waals surface area contributed by atoms with Crippen molar-refractivity contribution in [3.8, 4) is 34.0 Å². The number of benzene rings is 10. The molecule has 0 aliphatic rings. The van der Waals surface area contributed by atoms with Gasteiger partial charge in [0.25, 0.3) is 23.6 Å². The Bertz CT molecular complexity index is 7630. The normalized spacial score (nSPS) is 10.7. The molecule has 0 radical (unpaired) electrons. The van der Waals surface area contributed by atoms with Crippen LogP contribution in [0.4, 0.5) is 20.2 Å². The molecule has 0 aliphatic carbocycles. The van der Waals surface area contributed by atoms with E-state index in [0.717, 1.165) is 121 Å². The Labute approximate surface area is 833 Å². The molecule has 676 valence electrons. The topological polar surface area (TPSA) is 296 Å². The van der Waals surface area contributed by atoms with Gasteiger partial charge in [0, 0.05) is 185 Å². The minimum Gasteiger partial charge on any atom is -0.497 e. The number of carbonyl (C=O) groups is 4. The number of anilines is 2. The fourth-order valence-electron chi connectivity index (χ4n) is 14.4. The quantitative estimate of drug-likeness (QED) is 0.0418. The number of hydrogen-bond acceptors (Lipinski definition) is 16. The van der Waals surface area contributed by atoms with E-state index in [2.05, 4.69) is 140 Å². The number of rotatable bonds is 16. The Hall–Kier alpha value is -12.6. The molecule has 0 spiro atoms. The molecule has 4 amide bonds. The molecule has 0 unspecified atom stereocenters. The van der Waals surface area contributed by atoms with Crippen molar-refractivity contribution in [3.63, 3.8) is 0 Å². The minimum absolute atomic E-state index is 0. The number of fused-ring (bicyclic) bond motifs is 8. The number of nitrogens with two attached hydrogens (primary N) is 2. The number of ether oxygens (including phenoxy) is 2. The molecule has 134 heavy (non-hydrogen) atoms. The van der Waals surface area contributed by atoms with Crippen LogP contribution in [0.15, 0.2) is 300 Å². The first-order valence-electron chi connectivity index (χ1n) is 40.8. The molecule has 30 heteroatoms. The average Bonchev–Trinajstić information content (AvgIpc) is 1.47. The van der Waals surface area contributed by atoms with Crippen LogP contribution in [0.25, 0.3) is 108 Å². The van der Waals surface area contributed by atoms with E-state index in [0.29, 0.717) is 103 Å². The summed E-state index contributed by atoms with van der Waals surface area (Å²) >= 11 is 26.9. The summed E-state index contributed by atoms with van der Waals surface area (Å²) in [5, 5.41) is 23.9.